The first-order valence-electron chi connectivity index (χ1n) is 7.30. The third-order valence-electron chi connectivity index (χ3n) is 3.68. The maximum Gasteiger partial charge on any atom is 0.261 e. The molecule has 0 radical (unpaired) electrons. The molecule has 0 unspecified atom stereocenters. The number of benzene rings is 1. The number of hydrogen-bond acceptors (Lipinski definition) is 4. The maximum atomic E-state index is 12.3. The molecule has 0 aliphatic rings. The fourth-order valence-electron chi connectivity index (χ4n) is 2.53. The number of fused-ring (bicyclic) bond motifs is 2. The minimum Gasteiger partial charge on any atom is -0.346 e. The highest BCUT2D eigenvalue weighted by Crippen LogP contribution is 2.28. The Labute approximate surface area is 141 Å². The highest BCUT2D eigenvalue weighted by Gasteiger charge is 2.12. The first-order valence-corrected chi connectivity index (χ1v) is 9.00. The highest BCUT2D eigenvalue weighted by atomic mass is 32.1. The maximum absolute atomic E-state index is 12.3. The Kier molecular flexibility index (Phi) is 3.59. The summed E-state index contributed by atoms with van der Waals surface area (Å²) < 4.78 is 0. The van der Waals surface area contributed by atoms with E-state index in [0.717, 1.165) is 26.0 Å². The Bertz CT molecular complexity index is 1000. The van der Waals surface area contributed by atoms with Crippen LogP contribution in [0.3, 0.4) is 0 Å². The van der Waals surface area contributed by atoms with E-state index in [-0.39, 0.29) is 5.91 Å². The average Bonchev–Trinajstić information content (AvgIpc) is 3.19. The van der Waals surface area contributed by atoms with Gasteiger partial charge in [-0.15, -0.1) is 22.7 Å². The van der Waals surface area contributed by atoms with Crippen molar-refractivity contribution in [2.45, 2.75) is 13.5 Å². The number of carbonyl (C=O) groups excluding carboxylic acids is 1. The molecule has 3 aromatic heterocycles. The van der Waals surface area contributed by atoms with Crippen molar-refractivity contribution in [1.82, 2.24) is 10.3 Å². The SMILES string of the molecule is Cc1ccc2nc3sc(C(=O)NCc4cccs4)cc3cc2c1. The molecule has 0 fully saturated rings. The van der Waals surface area contributed by atoms with Gasteiger partial charge < -0.3 is 5.32 Å². The minimum absolute atomic E-state index is 0.0402. The summed E-state index contributed by atoms with van der Waals surface area (Å²) in [6.07, 6.45) is 0. The van der Waals surface area contributed by atoms with Crippen LogP contribution >= 0.6 is 22.7 Å². The van der Waals surface area contributed by atoms with E-state index in [1.807, 2.05) is 29.6 Å². The summed E-state index contributed by atoms with van der Waals surface area (Å²) >= 11 is 3.09. The molecule has 1 N–H and O–H groups in total. The smallest absolute Gasteiger partial charge is 0.261 e. The van der Waals surface area contributed by atoms with Crippen molar-refractivity contribution in [3.05, 3.63) is 63.2 Å². The Balaban J connectivity index is 1.65. The Morgan fingerprint density at radius 1 is 1.17 bits per heavy atom. The second-order valence-corrected chi connectivity index (χ2v) is 7.51. The molecule has 1 aromatic carbocycles. The normalized spacial score (nSPS) is 11.2. The van der Waals surface area contributed by atoms with E-state index in [2.05, 4.69) is 35.4 Å². The molecule has 0 atom stereocenters. The lowest BCUT2D eigenvalue weighted by Gasteiger charge is -2.00. The van der Waals surface area contributed by atoms with Crippen molar-refractivity contribution < 1.29 is 4.79 Å². The predicted molar refractivity (Wildman–Crippen MR) is 97.4 cm³/mol. The van der Waals surface area contributed by atoms with Gasteiger partial charge in [0.2, 0.25) is 0 Å². The quantitative estimate of drug-likeness (QED) is 0.586. The summed E-state index contributed by atoms with van der Waals surface area (Å²) in [5.41, 5.74) is 2.18. The number of pyridine rings is 1. The molecule has 1 amide bonds. The van der Waals surface area contributed by atoms with Crippen molar-refractivity contribution in [3.8, 4) is 0 Å². The molecule has 0 spiro atoms. The van der Waals surface area contributed by atoms with Crippen LogP contribution in [0.15, 0.2) is 47.8 Å². The predicted octanol–water partition coefficient (Wildman–Crippen LogP) is 4.75. The largest absolute Gasteiger partial charge is 0.346 e. The lowest BCUT2D eigenvalue weighted by Crippen LogP contribution is -2.21. The average molecular weight is 338 g/mol. The van der Waals surface area contributed by atoms with Gasteiger partial charge in [0.25, 0.3) is 5.91 Å². The minimum atomic E-state index is -0.0402. The third kappa shape index (κ3) is 2.85. The monoisotopic (exact) mass is 338 g/mol. The van der Waals surface area contributed by atoms with Crippen molar-refractivity contribution in [2.75, 3.05) is 0 Å². The van der Waals surface area contributed by atoms with Crippen LogP contribution in [0.1, 0.15) is 20.1 Å². The van der Waals surface area contributed by atoms with Crippen LogP contribution in [0.4, 0.5) is 0 Å². The van der Waals surface area contributed by atoms with Crippen LogP contribution in [-0.4, -0.2) is 10.9 Å². The van der Waals surface area contributed by atoms with Crippen LogP contribution in [0.2, 0.25) is 0 Å². The fraction of sp³-hybridized carbons (Fsp3) is 0.111. The van der Waals surface area contributed by atoms with E-state index < -0.39 is 0 Å². The molecule has 0 aliphatic carbocycles. The van der Waals surface area contributed by atoms with E-state index in [4.69, 9.17) is 0 Å². The summed E-state index contributed by atoms with van der Waals surface area (Å²) in [5, 5.41) is 7.11. The first kappa shape index (κ1) is 14.4. The molecular formula is C18H14N2OS2. The van der Waals surface area contributed by atoms with Gasteiger partial charge in [-0.05, 0) is 42.6 Å². The number of aromatic nitrogens is 1. The van der Waals surface area contributed by atoms with E-state index in [9.17, 15) is 4.79 Å². The van der Waals surface area contributed by atoms with Gasteiger partial charge in [0.1, 0.15) is 4.83 Å². The standard InChI is InChI=1S/C18H14N2OS2/c1-11-4-5-15-12(7-11)8-13-9-16(23-18(13)20-15)17(21)19-10-14-3-2-6-22-14/h2-9H,10H2,1H3,(H,19,21). The van der Waals surface area contributed by atoms with Gasteiger partial charge in [0.15, 0.2) is 0 Å². The van der Waals surface area contributed by atoms with E-state index in [1.54, 1.807) is 11.3 Å². The van der Waals surface area contributed by atoms with Gasteiger partial charge in [-0.3, -0.25) is 4.79 Å². The summed E-state index contributed by atoms with van der Waals surface area (Å²) in [6, 6.07) is 14.3. The Morgan fingerprint density at radius 2 is 2.09 bits per heavy atom. The van der Waals surface area contributed by atoms with Crippen LogP contribution in [0.5, 0.6) is 0 Å². The van der Waals surface area contributed by atoms with Crippen molar-refractivity contribution in [3.63, 3.8) is 0 Å². The van der Waals surface area contributed by atoms with Crippen molar-refractivity contribution in [2.24, 2.45) is 0 Å². The van der Waals surface area contributed by atoms with Gasteiger partial charge in [-0.1, -0.05) is 17.7 Å². The Morgan fingerprint density at radius 3 is 2.91 bits per heavy atom. The summed E-state index contributed by atoms with van der Waals surface area (Å²) in [5.74, 6) is -0.0402. The van der Waals surface area contributed by atoms with Crippen LogP contribution < -0.4 is 5.32 Å². The molecule has 114 valence electrons. The van der Waals surface area contributed by atoms with Gasteiger partial charge in [-0.2, -0.15) is 0 Å². The zero-order valence-electron chi connectivity index (χ0n) is 12.5. The van der Waals surface area contributed by atoms with Crippen LogP contribution in [0.25, 0.3) is 21.1 Å². The number of hydrogen-bond donors (Lipinski definition) is 1. The lowest BCUT2D eigenvalue weighted by molar-refractivity contribution is 0.0955. The fourth-order valence-corrected chi connectivity index (χ4v) is 4.12. The number of thiophene rings is 2. The summed E-state index contributed by atoms with van der Waals surface area (Å²) in [4.78, 5) is 19.8. The molecule has 3 heterocycles. The number of amides is 1. The molecule has 0 saturated carbocycles. The molecule has 0 bridgehead atoms. The van der Waals surface area contributed by atoms with Crippen molar-refractivity contribution in [1.29, 1.82) is 0 Å². The van der Waals surface area contributed by atoms with Gasteiger partial charge in [0, 0.05) is 15.6 Å². The topological polar surface area (TPSA) is 42.0 Å². The molecule has 0 saturated heterocycles. The van der Waals surface area contributed by atoms with Gasteiger partial charge >= 0.3 is 0 Å². The second kappa shape index (κ2) is 5.76. The molecule has 5 heteroatoms. The zero-order chi connectivity index (χ0) is 15.8. The number of aryl methyl sites for hydroxylation is 1. The second-order valence-electron chi connectivity index (χ2n) is 5.45. The number of carbonyl (C=O) groups is 1. The van der Waals surface area contributed by atoms with E-state index in [0.29, 0.717) is 11.4 Å². The lowest BCUT2D eigenvalue weighted by atomic mass is 10.1. The molecule has 4 aromatic rings. The zero-order valence-corrected chi connectivity index (χ0v) is 14.1. The molecule has 3 nitrogen and oxygen atoms in total. The van der Waals surface area contributed by atoms with E-state index in [1.165, 1.54) is 16.9 Å². The van der Waals surface area contributed by atoms with Crippen molar-refractivity contribution >= 4 is 49.7 Å². The highest BCUT2D eigenvalue weighted by molar-refractivity contribution is 7.20. The van der Waals surface area contributed by atoms with E-state index >= 15 is 0 Å². The summed E-state index contributed by atoms with van der Waals surface area (Å²) in [6.45, 7) is 2.64. The molecule has 23 heavy (non-hydrogen) atoms. The molecular weight excluding hydrogens is 324 g/mol. The van der Waals surface area contributed by atoms with Gasteiger partial charge in [0.05, 0.1) is 16.9 Å². The number of nitrogens with one attached hydrogen (secondary N) is 1. The Hall–Kier alpha value is -2.24. The number of nitrogens with zero attached hydrogens (tertiary/aromatic N) is 1. The third-order valence-corrected chi connectivity index (χ3v) is 5.60. The first-order chi connectivity index (χ1) is 11.2. The summed E-state index contributed by atoms with van der Waals surface area (Å²) in [7, 11) is 0. The molecule has 0 aliphatic heterocycles. The molecule has 4 rings (SSSR count). The van der Waals surface area contributed by atoms with Crippen LogP contribution in [0, 0.1) is 6.92 Å². The van der Waals surface area contributed by atoms with Crippen LogP contribution in [-0.2, 0) is 6.54 Å². The van der Waals surface area contributed by atoms with Gasteiger partial charge in [-0.25, -0.2) is 4.98 Å². The number of rotatable bonds is 3.